The highest BCUT2D eigenvalue weighted by Gasteiger charge is 2.47. The van der Waals surface area contributed by atoms with E-state index in [0.717, 1.165) is 0 Å². The van der Waals surface area contributed by atoms with Gasteiger partial charge in [0.2, 0.25) is 0 Å². The Balaban J connectivity index is 2.26. The molecule has 2 heteroatoms. The second kappa shape index (κ2) is 5.78. The van der Waals surface area contributed by atoms with E-state index >= 15 is 0 Å². The minimum atomic E-state index is -0.0529. The third kappa shape index (κ3) is 2.09. The van der Waals surface area contributed by atoms with Gasteiger partial charge in [-0.05, 0) is 34.2 Å². The van der Waals surface area contributed by atoms with Crippen molar-refractivity contribution < 1.29 is 9.47 Å². The van der Waals surface area contributed by atoms with Crippen molar-refractivity contribution in [3.05, 3.63) is 47.5 Å². The van der Waals surface area contributed by atoms with Crippen LogP contribution in [-0.2, 0) is 14.9 Å². The van der Waals surface area contributed by atoms with E-state index in [0.29, 0.717) is 19.1 Å². The molecule has 0 bridgehead atoms. The van der Waals surface area contributed by atoms with Gasteiger partial charge in [-0.25, -0.2) is 0 Å². The molecular weight excluding hydrogens is 260 g/mol. The number of hydrogen-bond donors (Lipinski definition) is 0. The first-order valence-corrected chi connectivity index (χ1v) is 7.78. The Morgan fingerprint density at radius 1 is 1.00 bits per heavy atom. The van der Waals surface area contributed by atoms with E-state index in [-0.39, 0.29) is 5.41 Å². The first-order chi connectivity index (χ1) is 10.3. The Bertz CT molecular complexity index is 621. The molecule has 1 atom stereocenters. The lowest BCUT2D eigenvalue weighted by molar-refractivity contribution is 0.0453. The van der Waals surface area contributed by atoms with Crippen molar-refractivity contribution >= 4 is 10.8 Å². The van der Waals surface area contributed by atoms with Crippen LogP contribution in [0.15, 0.2) is 36.4 Å². The molecule has 0 N–H and O–H groups in total. The Labute approximate surface area is 127 Å². The lowest BCUT2D eigenvalue weighted by atomic mass is 9.72. The lowest BCUT2D eigenvalue weighted by Crippen LogP contribution is -2.39. The molecule has 112 valence electrons. The Hall–Kier alpha value is -1.38. The highest BCUT2D eigenvalue weighted by molar-refractivity contribution is 5.93. The molecule has 0 heterocycles. The number of benzene rings is 2. The van der Waals surface area contributed by atoms with Crippen molar-refractivity contribution in [2.24, 2.45) is 0 Å². The van der Waals surface area contributed by atoms with Gasteiger partial charge in [0.05, 0.1) is 13.2 Å². The van der Waals surface area contributed by atoms with Gasteiger partial charge in [0.15, 0.2) is 0 Å². The zero-order chi connectivity index (χ0) is 14.9. The first-order valence-electron chi connectivity index (χ1n) is 7.78. The molecule has 0 amide bonds. The van der Waals surface area contributed by atoms with Crippen LogP contribution in [0.1, 0.15) is 36.8 Å². The monoisotopic (exact) mass is 284 g/mol. The van der Waals surface area contributed by atoms with Gasteiger partial charge in [0.1, 0.15) is 0 Å². The third-order valence-electron chi connectivity index (χ3n) is 4.90. The smallest absolute Gasteiger partial charge is 0.0587 e. The molecule has 21 heavy (non-hydrogen) atoms. The predicted molar refractivity (Wildman–Crippen MR) is 87.0 cm³/mol. The van der Waals surface area contributed by atoms with Crippen LogP contribution in [0.2, 0.25) is 0 Å². The fourth-order valence-electron chi connectivity index (χ4n) is 4.19. The number of hydrogen-bond acceptors (Lipinski definition) is 2. The quantitative estimate of drug-likeness (QED) is 0.788. The molecule has 0 saturated carbocycles. The standard InChI is InChI=1S/C19H24O2/c1-4-7-16-15-10-5-8-14-9-6-11-17(18(14)15)19(16,12-20-2)13-21-3/h5-6,8-11,16H,4,7,12-13H2,1-3H3. The molecule has 0 spiro atoms. The second-order valence-corrected chi connectivity index (χ2v) is 6.11. The number of rotatable bonds is 6. The SMILES string of the molecule is CCCC1c2cccc3cccc(c23)C1(COC)COC. The van der Waals surface area contributed by atoms with E-state index in [1.54, 1.807) is 14.2 Å². The van der Waals surface area contributed by atoms with Crippen LogP contribution in [-0.4, -0.2) is 27.4 Å². The molecule has 2 aromatic rings. The summed E-state index contributed by atoms with van der Waals surface area (Å²) in [5, 5.41) is 2.76. The first kappa shape index (κ1) is 14.6. The van der Waals surface area contributed by atoms with Crippen LogP contribution in [0.25, 0.3) is 10.8 Å². The van der Waals surface area contributed by atoms with E-state index in [4.69, 9.17) is 9.47 Å². The van der Waals surface area contributed by atoms with Crippen molar-refractivity contribution in [2.75, 3.05) is 27.4 Å². The summed E-state index contributed by atoms with van der Waals surface area (Å²) < 4.78 is 11.3. The highest BCUT2D eigenvalue weighted by atomic mass is 16.5. The molecule has 1 aliphatic rings. The maximum atomic E-state index is 5.64. The van der Waals surface area contributed by atoms with Crippen LogP contribution >= 0.6 is 0 Å². The van der Waals surface area contributed by atoms with Gasteiger partial charge in [-0.3, -0.25) is 0 Å². The Morgan fingerprint density at radius 2 is 1.67 bits per heavy atom. The average Bonchev–Trinajstić information content (AvgIpc) is 2.75. The summed E-state index contributed by atoms with van der Waals surface area (Å²) in [7, 11) is 3.59. The van der Waals surface area contributed by atoms with Crippen LogP contribution in [0.3, 0.4) is 0 Å². The molecule has 0 radical (unpaired) electrons. The van der Waals surface area contributed by atoms with E-state index in [1.807, 2.05) is 0 Å². The molecule has 0 fully saturated rings. The molecule has 2 aromatic carbocycles. The van der Waals surface area contributed by atoms with Gasteiger partial charge >= 0.3 is 0 Å². The molecule has 1 unspecified atom stereocenters. The minimum absolute atomic E-state index is 0.0529. The van der Waals surface area contributed by atoms with Gasteiger partial charge in [-0.2, -0.15) is 0 Å². The predicted octanol–water partition coefficient (Wildman–Crippen LogP) is 4.27. The fraction of sp³-hybridized carbons (Fsp3) is 0.474. The van der Waals surface area contributed by atoms with Gasteiger partial charge in [0, 0.05) is 19.6 Å². The zero-order valence-corrected chi connectivity index (χ0v) is 13.2. The van der Waals surface area contributed by atoms with Crippen LogP contribution < -0.4 is 0 Å². The highest BCUT2D eigenvalue weighted by Crippen LogP contribution is 2.53. The summed E-state index contributed by atoms with van der Waals surface area (Å²) in [5.41, 5.74) is 2.82. The molecular formula is C19H24O2. The van der Waals surface area contributed by atoms with Crippen molar-refractivity contribution in [3.8, 4) is 0 Å². The summed E-state index contributed by atoms with van der Waals surface area (Å²) >= 11 is 0. The summed E-state index contributed by atoms with van der Waals surface area (Å²) in [6.45, 7) is 3.67. The summed E-state index contributed by atoms with van der Waals surface area (Å²) in [4.78, 5) is 0. The molecule has 0 saturated heterocycles. The van der Waals surface area contributed by atoms with Gasteiger partial charge in [0.25, 0.3) is 0 Å². The molecule has 0 aromatic heterocycles. The van der Waals surface area contributed by atoms with E-state index in [1.165, 1.54) is 34.7 Å². The fourth-order valence-corrected chi connectivity index (χ4v) is 4.19. The van der Waals surface area contributed by atoms with Crippen LogP contribution in [0, 0.1) is 0 Å². The molecule has 2 nitrogen and oxygen atoms in total. The Kier molecular flexibility index (Phi) is 4.01. The number of ether oxygens (including phenoxy) is 2. The maximum Gasteiger partial charge on any atom is 0.0587 e. The van der Waals surface area contributed by atoms with E-state index < -0.39 is 0 Å². The minimum Gasteiger partial charge on any atom is -0.384 e. The zero-order valence-electron chi connectivity index (χ0n) is 13.2. The van der Waals surface area contributed by atoms with Gasteiger partial charge in [-0.15, -0.1) is 0 Å². The lowest BCUT2D eigenvalue weighted by Gasteiger charge is -2.36. The second-order valence-electron chi connectivity index (χ2n) is 6.11. The van der Waals surface area contributed by atoms with E-state index in [9.17, 15) is 0 Å². The largest absolute Gasteiger partial charge is 0.384 e. The topological polar surface area (TPSA) is 18.5 Å². The van der Waals surface area contributed by atoms with Crippen LogP contribution in [0.5, 0.6) is 0 Å². The van der Waals surface area contributed by atoms with E-state index in [2.05, 4.69) is 43.3 Å². The average molecular weight is 284 g/mol. The van der Waals surface area contributed by atoms with Gasteiger partial charge < -0.3 is 9.47 Å². The maximum absolute atomic E-state index is 5.64. The normalized spacial score (nSPS) is 19.3. The van der Waals surface area contributed by atoms with Crippen molar-refractivity contribution in [2.45, 2.75) is 31.1 Å². The summed E-state index contributed by atoms with van der Waals surface area (Å²) in [5.74, 6) is 0.475. The van der Waals surface area contributed by atoms with Gasteiger partial charge in [-0.1, -0.05) is 49.7 Å². The third-order valence-corrected chi connectivity index (χ3v) is 4.90. The summed E-state index contributed by atoms with van der Waals surface area (Å²) in [6.07, 6.45) is 2.34. The van der Waals surface area contributed by atoms with Crippen LogP contribution in [0.4, 0.5) is 0 Å². The molecule has 3 rings (SSSR count). The van der Waals surface area contributed by atoms with Crippen molar-refractivity contribution in [1.82, 2.24) is 0 Å². The molecule has 1 aliphatic carbocycles. The van der Waals surface area contributed by atoms with Crippen molar-refractivity contribution in [3.63, 3.8) is 0 Å². The molecule has 0 aliphatic heterocycles. The Morgan fingerprint density at radius 3 is 2.29 bits per heavy atom. The number of methoxy groups -OCH3 is 2. The van der Waals surface area contributed by atoms with Crippen molar-refractivity contribution in [1.29, 1.82) is 0 Å². The summed E-state index contributed by atoms with van der Waals surface area (Å²) in [6, 6.07) is 13.3.